The number of hydrogen-bond acceptors (Lipinski definition) is 9. The molecule has 0 aromatic heterocycles. The number of unbranched alkanes of at least 4 members (excludes halogenated alkanes) is 24. The monoisotopic (exact) mass is 730 g/mol. The quantitative estimate of drug-likeness (QED) is 0.0298. The van der Waals surface area contributed by atoms with Crippen LogP contribution in [0.25, 0.3) is 0 Å². The molecule has 0 saturated carbocycles. The van der Waals surface area contributed by atoms with Gasteiger partial charge in [-0.1, -0.05) is 179 Å². The molecule has 0 aliphatic heterocycles. The summed E-state index contributed by atoms with van der Waals surface area (Å²) in [5.41, 5.74) is 0. The van der Waals surface area contributed by atoms with E-state index in [0.717, 1.165) is 32.1 Å². The van der Waals surface area contributed by atoms with Gasteiger partial charge in [-0.2, -0.15) is 0 Å². The van der Waals surface area contributed by atoms with Crippen LogP contribution in [0.2, 0.25) is 0 Å². The van der Waals surface area contributed by atoms with Crippen LogP contribution in [0.5, 0.6) is 0 Å². The molecule has 0 spiro atoms. The largest absolute Gasteiger partial charge is 1.00 e. The maximum Gasteiger partial charge on any atom is 1.00 e. The second-order valence-corrected chi connectivity index (χ2v) is 17.0. The van der Waals surface area contributed by atoms with Gasteiger partial charge in [0.25, 0.3) is 0 Å². The van der Waals surface area contributed by atoms with Crippen molar-refractivity contribution >= 4 is 30.1 Å². The molecule has 11 heteroatoms. The summed E-state index contributed by atoms with van der Waals surface area (Å²) in [7, 11) is 0. The molecular weight excluding hydrogens is 658 g/mol. The first-order chi connectivity index (χ1) is 22.8. The van der Waals surface area contributed by atoms with Crippen molar-refractivity contribution in [3.05, 3.63) is 0 Å². The molecule has 48 heavy (non-hydrogen) atoms. The van der Waals surface area contributed by atoms with Gasteiger partial charge >= 0.3 is 41.5 Å². The molecule has 0 aromatic rings. The molecule has 0 rings (SSSR count). The second kappa shape index (κ2) is 38.6. The predicted molar refractivity (Wildman–Crippen MR) is 195 cm³/mol. The second-order valence-electron chi connectivity index (χ2n) is 13.1. The first-order valence-corrected chi connectivity index (χ1v) is 22.5. The summed E-state index contributed by atoms with van der Waals surface area (Å²) in [6.07, 6.45) is 31.1. The minimum absolute atomic E-state index is 0. The van der Waals surface area contributed by atoms with Crippen molar-refractivity contribution in [3.63, 3.8) is 0 Å². The average Bonchev–Trinajstić information content (AvgIpc) is 3.05. The molecule has 0 bridgehead atoms. The number of hydrogen-bond donors (Lipinski definition) is 1. The van der Waals surface area contributed by atoms with Crippen LogP contribution < -0.4 is 34.5 Å². The molecule has 1 unspecified atom stereocenters. The Bertz CT molecular complexity index is 761. The van der Waals surface area contributed by atoms with Gasteiger partial charge < -0.3 is 24.0 Å². The fourth-order valence-electron chi connectivity index (χ4n) is 5.56. The van der Waals surface area contributed by atoms with Crippen molar-refractivity contribution in [1.82, 2.24) is 0 Å². The zero-order valence-electron chi connectivity index (χ0n) is 31.4. The Morgan fingerprint density at radius 1 is 0.604 bits per heavy atom. The van der Waals surface area contributed by atoms with Crippen molar-refractivity contribution in [2.45, 2.75) is 200 Å². The smallest absolute Gasteiger partial charge is 0.770 e. The third-order valence-corrected chi connectivity index (χ3v) is 11.4. The number of ether oxygens (including phenoxy) is 2. The molecule has 0 amide bonds. The van der Waals surface area contributed by atoms with Gasteiger partial charge in [0, 0.05) is 18.6 Å². The van der Waals surface area contributed by atoms with Crippen LogP contribution >= 0.6 is 18.2 Å². The Hall–Kier alpha value is 0.400. The SMILES string of the molecule is CCCCCCCCCCCCCCCC(=O)OC[C@H](COP(=O)([O-])SCCO)OC(=O)CCCCCCCCCCCCCCC.[Na+]. The number of aliphatic hydroxyl groups excluding tert-OH is 1. The first kappa shape index (κ1) is 50.5. The maximum absolute atomic E-state index is 12.5. The maximum atomic E-state index is 12.5. The van der Waals surface area contributed by atoms with E-state index in [0.29, 0.717) is 17.8 Å². The van der Waals surface area contributed by atoms with Crippen LogP contribution in [0.1, 0.15) is 194 Å². The molecule has 280 valence electrons. The summed E-state index contributed by atoms with van der Waals surface area (Å²) >= 11 is 0.501. The Balaban J connectivity index is 0. The molecule has 0 radical (unpaired) electrons. The standard InChI is InChI=1S/C37H73O8PS.Na/c1-3-5-7-9-11-13-15-17-19-21-23-25-27-29-36(39)43-33-35(34-44-46(41,42)47-32-31-38)45-37(40)30-28-26-24-22-20-18-16-14-12-10-8-6-4-2;/h35,38H,3-34H2,1-2H3,(H,41,42);/q;+1/p-1/t35-;/m1./s1. The van der Waals surface area contributed by atoms with Crippen LogP contribution in [0.15, 0.2) is 0 Å². The molecule has 0 aliphatic rings. The third-order valence-electron chi connectivity index (χ3n) is 8.46. The van der Waals surface area contributed by atoms with Gasteiger partial charge in [-0.15, -0.1) is 0 Å². The Labute approximate surface area is 321 Å². The molecule has 0 heterocycles. The molecule has 2 atom stereocenters. The summed E-state index contributed by atoms with van der Waals surface area (Å²) in [6, 6.07) is 0. The Kier molecular flexibility index (Phi) is 40.6. The molecule has 0 aliphatic carbocycles. The summed E-state index contributed by atoms with van der Waals surface area (Å²) in [4.78, 5) is 36.9. The fourth-order valence-corrected chi connectivity index (χ4v) is 7.61. The van der Waals surface area contributed by atoms with E-state index in [2.05, 4.69) is 13.8 Å². The zero-order valence-corrected chi connectivity index (χ0v) is 35.1. The van der Waals surface area contributed by atoms with E-state index in [-0.39, 0.29) is 67.3 Å². The molecule has 0 aromatic carbocycles. The van der Waals surface area contributed by atoms with E-state index >= 15 is 0 Å². The summed E-state index contributed by atoms with van der Waals surface area (Å²) in [6.45, 7) is -0.746. The number of esters is 2. The normalized spacial score (nSPS) is 13.1. The van der Waals surface area contributed by atoms with E-state index in [1.807, 2.05) is 0 Å². The van der Waals surface area contributed by atoms with E-state index in [9.17, 15) is 19.0 Å². The van der Waals surface area contributed by atoms with Crippen molar-refractivity contribution in [2.75, 3.05) is 25.6 Å². The minimum Gasteiger partial charge on any atom is -0.770 e. The zero-order chi connectivity index (χ0) is 34.7. The van der Waals surface area contributed by atoms with Crippen molar-refractivity contribution in [1.29, 1.82) is 0 Å². The van der Waals surface area contributed by atoms with E-state index < -0.39 is 25.5 Å². The molecule has 1 N–H and O–H groups in total. The first-order valence-electron chi connectivity index (χ1n) is 19.4. The molecule has 0 saturated heterocycles. The summed E-state index contributed by atoms with van der Waals surface area (Å²) < 4.78 is 27.9. The number of carbonyl (C=O) groups is 2. The van der Waals surface area contributed by atoms with Gasteiger partial charge in [-0.25, -0.2) is 0 Å². The van der Waals surface area contributed by atoms with Gasteiger partial charge in [0.15, 0.2) is 12.9 Å². The fraction of sp³-hybridized carbons (Fsp3) is 0.946. The van der Waals surface area contributed by atoms with Crippen LogP contribution in [0.4, 0.5) is 0 Å². The van der Waals surface area contributed by atoms with Gasteiger partial charge in [-0.05, 0) is 12.8 Å². The van der Waals surface area contributed by atoms with Gasteiger partial charge in [0.1, 0.15) is 6.61 Å². The number of carbonyl (C=O) groups excluding carboxylic acids is 2. The van der Waals surface area contributed by atoms with Gasteiger partial charge in [0.2, 0.25) is 0 Å². The van der Waals surface area contributed by atoms with E-state index in [1.165, 1.54) is 128 Å². The van der Waals surface area contributed by atoms with Crippen LogP contribution in [-0.4, -0.2) is 48.7 Å². The van der Waals surface area contributed by atoms with Gasteiger partial charge in [-0.3, -0.25) is 14.2 Å². The van der Waals surface area contributed by atoms with Crippen molar-refractivity contribution in [3.8, 4) is 0 Å². The van der Waals surface area contributed by atoms with Crippen LogP contribution in [-0.2, 0) is 28.2 Å². The average molecular weight is 731 g/mol. The Morgan fingerprint density at radius 3 is 1.33 bits per heavy atom. The van der Waals surface area contributed by atoms with Crippen molar-refractivity contribution < 1.29 is 67.7 Å². The topological polar surface area (TPSA) is 122 Å². The Morgan fingerprint density at radius 2 is 0.958 bits per heavy atom. The van der Waals surface area contributed by atoms with Crippen molar-refractivity contribution in [2.24, 2.45) is 0 Å². The summed E-state index contributed by atoms with van der Waals surface area (Å²) in [5.74, 6) is -0.846. The van der Waals surface area contributed by atoms with E-state index in [1.54, 1.807) is 0 Å². The summed E-state index contributed by atoms with van der Waals surface area (Å²) in [5, 5.41) is 8.92. The predicted octanol–water partition coefficient (Wildman–Crippen LogP) is 7.62. The molecular formula is C37H72NaO8PS. The third kappa shape index (κ3) is 37.7. The minimum atomic E-state index is -4.27. The van der Waals surface area contributed by atoms with E-state index in [4.69, 9.17) is 19.1 Å². The number of aliphatic hydroxyl groups is 1. The van der Waals surface area contributed by atoms with Crippen LogP contribution in [0, 0.1) is 0 Å². The molecule has 0 fully saturated rings. The molecule has 8 nitrogen and oxygen atoms in total. The van der Waals surface area contributed by atoms with Crippen LogP contribution in [0.3, 0.4) is 0 Å². The number of rotatable bonds is 37. The van der Waals surface area contributed by atoms with Gasteiger partial charge in [0.05, 0.1) is 13.2 Å².